The minimum Gasteiger partial charge on any atom is -0.493 e. The molecule has 0 radical (unpaired) electrons. The van der Waals surface area contributed by atoms with Crippen molar-refractivity contribution in [3.63, 3.8) is 0 Å². The normalized spacial score (nSPS) is 15.6. The minimum absolute atomic E-state index is 0.0421. The van der Waals surface area contributed by atoms with Crippen LogP contribution in [0.3, 0.4) is 0 Å². The van der Waals surface area contributed by atoms with Crippen molar-refractivity contribution in [2.75, 3.05) is 18.6 Å². The third kappa shape index (κ3) is 3.26. The van der Waals surface area contributed by atoms with Crippen molar-refractivity contribution < 1.29 is 19.2 Å². The van der Waals surface area contributed by atoms with E-state index in [-0.39, 0.29) is 30.0 Å². The lowest BCUT2D eigenvalue weighted by Gasteiger charge is -2.23. The molecular weight excluding hydrogens is 324 g/mol. The van der Waals surface area contributed by atoms with E-state index in [0.717, 1.165) is 17.7 Å². The van der Waals surface area contributed by atoms with Gasteiger partial charge < -0.3 is 14.4 Å². The number of non-ortho nitro benzene ring substituents is 1. The SMILES string of the molecule is COc1ccc([N+](=O)[O-])cc1OCC(=O)N1c2ccccc2C[C@H]1C. The molecule has 1 aliphatic rings. The van der Waals surface area contributed by atoms with Crippen LogP contribution in [0.15, 0.2) is 42.5 Å². The zero-order valence-electron chi connectivity index (χ0n) is 14.0. The first-order chi connectivity index (χ1) is 12.0. The van der Waals surface area contributed by atoms with Crippen LogP contribution >= 0.6 is 0 Å². The number of anilines is 1. The van der Waals surface area contributed by atoms with Crippen molar-refractivity contribution in [3.05, 3.63) is 58.1 Å². The number of benzene rings is 2. The monoisotopic (exact) mass is 342 g/mol. The Morgan fingerprint density at radius 2 is 2.04 bits per heavy atom. The Kier molecular flexibility index (Phi) is 4.56. The van der Waals surface area contributed by atoms with Gasteiger partial charge in [0.1, 0.15) is 0 Å². The average Bonchev–Trinajstić information content (AvgIpc) is 2.95. The second kappa shape index (κ2) is 6.80. The summed E-state index contributed by atoms with van der Waals surface area (Å²) >= 11 is 0. The molecule has 0 bridgehead atoms. The molecule has 25 heavy (non-hydrogen) atoms. The van der Waals surface area contributed by atoms with Gasteiger partial charge in [-0.3, -0.25) is 14.9 Å². The summed E-state index contributed by atoms with van der Waals surface area (Å²) < 4.78 is 10.7. The number of methoxy groups -OCH3 is 1. The van der Waals surface area contributed by atoms with Crippen LogP contribution in [-0.4, -0.2) is 30.6 Å². The van der Waals surface area contributed by atoms with Gasteiger partial charge in [-0.05, 0) is 31.0 Å². The summed E-state index contributed by atoms with van der Waals surface area (Å²) in [5.74, 6) is 0.310. The van der Waals surface area contributed by atoms with Crippen LogP contribution in [-0.2, 0) is 11.2 Å². The van der Waals surface area contributed by atoms with Crippen LogP contribution in [0.2, 0.25) is 0 Å². The van der Waals surface area contributed by atoms with E-state index >= 15 is 0 Å². The molecule has 130 valence electrons. The van der Waals surface area contributed by atoms with E-state index in [9.17, 15) is 14.9 Å². The van der Waals surface area contributed by atoms with E-state index in [1.165, 1.54) is 25.3 Å². The number of rotatable bonds is 5. The molecule has 0 N–H and O–H groups in total. The Balaban J connectivity index is 1.77. The van der Waals surface area contributed by atoms with Gasteiger partial charge >= 0.3 is 0 Å². The lowest BCUT2D eigenvalue weighted by molar-refractivity contribution is -0.385. The molecule has 0 unspecified atom stereocenters. The highest BCUT2D eigenvalue weighted by atomic mass is 16.6. The third-order valence-corrected chi connectivity index (χ3v) is 4.19. The van der Waals surface area contributed by atoms with Crippen molar-refractivity contribution in [2.45, 2.75) is 19.4 Å². The van der Waals surface area contributed by atoms with Crippen molar-refractivity contribution >= 4 is 17.3 Å². The quantitative estimate of drug-likeness (QED) is 0.616. The Morgan fingerprint density at radius 1 is 1.28 bits per heavy atom. The number of fused-ring (bicyclic) bond motifs is 1. The molecule has 0 saturated heterocycles. The van der Waals surface area contributed by atoms with E-state index in [0.29, 0.717) is 5.75 Å². The summed E-state index contributed by atoms with van der Waals surface area (Å²) in [4.78, 5) is 24.7. The third-order valence-electron chi connectivity index (χ3n) is 4.19. The second-order valence-electron chi connectivity index (χ2n) is 5.83. The number of hydrogen-bond donors (Lipinski definition) is 0. The van der Waals surface area contributed by atoms with E-state index in [4.69, 9.17) is 9.47 Å². The smallest absolute Gasteiger partial charge is 0.273 e. The van der Waals surface area contributed by atoms with Gasteiger partial charge in [0.05, 0.1) is 18.1 Å². The van der Waals surface area contributed by atoms with Crippen molar-refractivity contribution in [1.82, 2.24) is 0 Å². The molecule has 2 aromatic rings. The van der Waals surface area contributed by atoms with Gasteiger partial charge in [0.15, 0.2) is 18.1 Å². The molecule has 1 atom stereocenters. The molecule has 2 aromatic carbocycles. The first kappa shape index (κ1) is 16.8. The van der Waals surface area contributed by atoms with Crippen LogP contribution in [0.25, 0.3) is 0 Å². The van der Waals surface area contributed by atoms with Crippen LogP contribution in [0.4, 0.5) is 11.4 Å². The summed E-state index contributed by atoms with van der Waals surface area (Å²) in [6.07, 6.45) is 0.794. The van der Waals surface area contributed by atoms with Crippen LogP contribution in [0, 0.1) is 10.1 Å². The highest BCUT2D eigenvalue weighted by Crippen LogP contribution is 2.33. The van der Waals surface area contributed by atoms with E-state index < -0.39 is 4.92 Å². The maximum atomic E-state index is 12.6. The molecule has 0 spiro atoms. The van der Waals surface area contributed by atoms with Gasteiger partial charge in [0.25, 0.3) is 11.6 Å². The predicted octanol–water partition coefficient (Wildman–Crippen LogP) is 2.96. The van der Waals surface area contributed by atoms with Gasteiger partial charge in [-0.2, -0.15) is 0 Å². The molecule has 1 aliphatic heterocycles. The molecule has 0 saturated carbocycles. The molecule has 7 heteroatoms. The molecule has 0 aromatic heterocycles. The van der Waals surface area contributed by atoms with Crippen molar-refractivity contribution in [1.29, 1.82) is 0 Å². The Labute approximate surface area is 144 Å². The number of nitro groups is 1. The van der Waals surface area contributed by atoms with Gasteiger partial charge in [-0.15, -0.1) is 0 Å². The number of amides is 1. The first-order valence-corrected chi connectivity index (χ1v) is 7.86. The van der Waals surface area contributed by atoms with Crippen molar-refractivity contribution in [3.8, 4) is 11.5 Å². The Bertz CT molecular complexity index is 821. The summed E-state index contributed by atoms with van der Waals surface area (Å²) in [6.45, 7) is 1.75. The highest BCUT2D eigenvalue weighted by Gasteiger charge is 2.30. The standard InChI is InChI=1S/C18H18N2O5/c1-12-9-13-5-3-4-6-15(13)19(12)18(21)11-25-17-10-14(20(22)23)7-8-16(17)24-2/h3-8,10,12H,9,11H2,1-2H3/t12-/m1/s1. The number of nitrogens with zero attached hydrogens (tertiary/aromatic N) is 2. The number of ether oxygens (including phenoxy) is 2. The topological polar surface area (TPSA) is 81.9 Å². The molecule has 0 aliphatic carbocycles. The fraction of sp³-hybridized carbons (Fsp3) is 0.278. The maximum absolute atomic E-state index is 12.6. The highest BCUT2D eigenvalue weighted by molar-refractivity contribution is 5.97. The molecule has 3 rings (SSSR count). The van der Waals surface area contributed by atoms with E-state index in [2.05, 4.69) is 0 Å². The summed E-state index contributed by atoms with van der Waals surface area (Å²) in [5.41, 5.74) is 1.88. The molecule has 7 nitrogen and oxygen atoms in total. The summed E-state index contributed by atoms with van der Waals surface area (Å²) in [5, 5.41) is 10.9. The lowest BCUT2D eigenvalue weighted by Crippen LogP contribution is -2.39. The number of carbonyl (C=O) groups is 1. The van der Waals surface area contributed by atoms with Crippen LogP contribution < -0.4 is 14.4 Å². The number of carbonyl (C=O) groups excluding carboxylic acids is 1. The number of nitro benzene ring substituents is 1. The molecular formula is C18H18N2O5. The molecule has 1 heterocycles. The van der Waals surface area contributed by atoms with E-state index in [1.807, 2.05) is 31.2 Å². The van der Waals surface area contributed by atoms with E-state index in [1.54, 1.807) is 4.90 Å². The maximum Gasteiger partial charge on any atom is 0.273 e. The molecule has 1 amide bonds. The lowest BCUT2D eigenvalue weighted by atomic mass is 10.1. The zero-order valence-corrected chi connectivity index (χ0v) is 14.0. The Hall–Kier alpha value is -3.09. The minimum atomic E-state index is -0.521. The van der Waals surface area contributed by atoms with Gasteiger partial charge in [-0.25, -0.2) is 0 Å². The zero-order chi connectivity index (χ0) is 18.0. The Morgan fingerprint density at radius 3 is 2.76 bits per heavy atom. The number of hydrogen-bond acceptors (Lipinski definition) is 5. The largest absolute Gasteiger partial charge is 0.493 e. The van der Waals surface area contributed by atoms with Gasteiger partial charge in [0.2, 0.25) is 0 Å². The van der Waals surface area contributed by atoms with Gasteiger partial charge in [-0.1, -0.05) is 18.2 Å². The summed E-state index contributed by atoms with van der Waals surface area (Å²) in [6, 6.07) is 11.8. The predicted molar refractivity (Wildman–Crippen MR) is 92.2 cm³/mol. The average molecular weight is 342 g/mol. The fourth-order valence-electron chi connectivity index (χ4n) is 3.05. The van der Waals surface area contributed by atoms with Crippen molar-refractivity contribution in [2.24, 2.45) is 0 Å². The number of para-hydroxylation sites is 1. The van der Waals surface area contributed by atoms with Gasteiger partial charge in [0, 0.05) is 17.8 Å². The second-order valence-corrected chi connectivity index (χ2v) is 5.83. The molecule has 0 fully saturated rings. The fourth-order valence-corrected chi connectivity index (χ4v) is 3.05. The van der Waals surface area contributed by atoms with Crippen LogP contribution in [0.5, 0.6) is 11.5 Å². The summed E-state index contributed by atoms with van der Waals surface area (Å²) in [7, 11) is 1.44. The van der Waals surface area contributed by atoms with Crippen LogP contribution in [0.1, 0.15) is 12.5 Å². The first-order valence-electron chi connectivity index (χ1n) is 7.86.